The normalized spacial score (nSPS) is 12.8. The van der Waals surface area contributed by atoms with Crippen molar-refractivity contribution in [2.75, 3.05) is 19.1 Å². The number of rotatable bonds is 5. The van der Waals surface area contributed by atoms with E-state index >= 15 is 0 Å². The summed E-state index contributed by atoms with van der Waals surface area (Å²) in [6.45, 7) is 4.08. The number of methoxy groups -OCH3 is 1. The summed E-state index contributed by atoms with van der Waals surface area (Å²) >= 11 is 0. The number of alkyl halides is 3. The molecule has 0 aliphatic heterocycles. The molecule has 0 radical (unpaired) electrons. The van der Waals surface area contributed by atoms with Crippen LogP contribution in [0.2, 0.25) is 0 Å². The van der Waals surface area contributed by atoms with E-state index in [1.807, 2.05) is 26.0 Å². The van der Waals surface area contributed by atoms with Crippen LogP contribution in [0.1, 0.15) is 37.3 Å². The zero-order chi connectivity index (χ0) is 17.9. The van der Waals surface area contributed by atoms with Gasteiger partial charge in [-0.2, -0.15) is 18.2 Å². The summed E-state index contributed by atoms with van der Waals surface area (Å²) in [5.41, 5.74) is 0.746. The monoisotopic (exact) mass is 339 g/mol. The summed E-state index contributed by atoms with van der Waals surface area (Å²) in [6, 6.07) is 7.28. The Kier molecular flexibility index (Phi) is 5.31. The first-order valence-corrected chi connectivity index (χ1v) is 7.60. The third kappa shape index (κ3) is 3.60. The van der Waals surface area contributed by atoms with Crippen LogP contribution in [0.3, 0.4) is 0 Å². The van der Waals surface area contributed by atoms with Crippen molar-refractivity contribution < 1.29 is 17.9 Å². The molecule has 2 rings (SSSR count). The van der Waals surface area contributed by atoms with Crippen LogP contribution >= 0.6 is 0 Å². The van der Waals surface area contributed by atoms with Gasteiger partial charge in [0, 0.05) is 18.9 Å². The number of para-hydroxylation sites is 1. The summed E-state index contributed by atoms with van der Waals surface area (Å²) in [4.78, 5) is 8.97. The van der Waals surface area contributed by atoms with E-state index in [4.69, 9.17) is 4.74 Å². The molecule has 7 heteroatoms. The molecule has 1 atom stereocenters. The second-order valence-corrected chi connectivity index (χ2v) is 5.52. The molecule has 1 aromatic carbocycles. The van der Waals surface area contributed by atoms with Crippen molar-refractivity contribution in [3.05, 3.63) is 41.6 Å². The van der Waals surface area contributed by atoms with Gasteiger partial charge in [0.05, 0.1) is 7.11 Å². The third-order valence-electron chi connectivity index (χ3n) is 3.99. The maximum atomic E-state index is 13.3. The van der Waals surface area contributed by atoms with Crippen molar-refractivity contribution in [1.82, 2.24) is 9.97 Å². The van der Waals surface area contributed by atoms with Gasteiger partial charge in [-0.25, -0.2) is 4.98 Å². The lowest BCUT2D eigenvalue weighted by Crippen LogP contribution is -2.20. The minimum atomic E-state index is -4.55. The molecule has 1 unspecified atom stereocenters. The molecule has 1 aromatic heterocycles. The van der Waals surface area contributed by atoms with E-state index in [1.54, 1.807) is 19.2 Å². The lowest BCUT2D eigenvalue weighted by molar-refractivity contribution is -0.137. The van der Waals surface area contributed by atoms with Gasteiger partial charge in [-0.05, 0) is 24.0 Å². The van der Waals surface area contributed by atoms with Crippen molar-refractivity contribution in [2.24, 2.45) is 0 Å². The Balaban J connectivity index is 2.60. The predicted octanol–water partition coefficient (Wildman–Crippen LogP) is 4.79. The van der Waals surface area contributed by atoms with E-state index in [0.29, 0.717) is 5.69 Å². The van der Waals surface area contributed by atoms with Gasteiger partial charge in [0.15, 0.2) is 5.82 Å². The molecule has 0 fully saturated rings. The maximum Gasteiger partial charge on any atom is 0.421 e. The number of nitrogens with zero attached hydrogens (tertiary/aromatic N) is 3. The van der Waals surface area contributed by atoms with Gasteiger partial charge in [0.2, 0.25) is 0 Å². The van der Waals surface area contributed by atoms with Gasteiger partial charge in [-0.15, -0.1) is 0 Å². The number of hydrogen-bond acceptors (Lipinski definition) is 4. The topological polar surface area (TPSA) is 38.2 Å². The molecule has 1 heterocycles. The van der Waals surface area contributed by atoms with E-state index in [9.17, 15) is 13.2 Å². The van der Waals surface area contributed by atoms with Gasteiger partial charge >= 0.3 is 12.2 Å². The van der Waals surface area contributed by atoms with Crippen LogP contribution in [0.15, 0.2) is 30.5 Å². The fourth-order valence-corrected chi connectivity index (χ4v) is 2.45. The predicted molar refractivity (Wildman–Crippen MR) is 86.8 cm³/mol. The smallest absolute Gasteiger partial charge is 0.421 e. The van der Waals surface area contributed by atoms with E-state index in [-0.39, 0.29) is 17.7 Å². The fraction of sp³-hybridized carbons (Fsp3) is 0.412. The average molecular weight is 339 g/mol. The summed E-state index contributed by atoms with van der Waals surface area (Å²) in [6.07, 6.45) is -2.92. The standard InChI is InChI=1S/C17H20F3N3O/c1-5-11(2)12-8-6-7-9-14(12)23(3)15-13(17(18,19)20)10-21-16(22-15)24-4/h6-11H,5H2,1-4H3. The first-order valence-electron chi connectivity index (χ1n) is 7.60. The maximum absolute atomic E-state index is 13.3. The van der Waals surface area contributed by atoms with Gasteiger partial charge in [-0.3, -0.25) is 0 Å². The molecule has 0 N–H and O–H groups in total. The van der Waals surface area contributed by atoms with Crippen molar-refractivity contribution in [3.8, 4) is 6.01 Å². The second kappa shape index (κ2) is 7.07. The lowest BCUT2D eigenvalue weighted by atomic mass is 9.96. The van der Waals surface area contributed by atoms with Crippen molar-refractivity contribution in [3.63, 3.8) is 0 Å². The molecule has 0 aliphatic carbocycles. The zero-order valence-corrected chi connectivity index (χ0v) is 14.1. The number of ether oxygens (including phenoxy) is 1. The number of halogens is 3. The highest BCUT2D eigenvalue weighted by atomic mass is 19.4. The van der Waals surface area contributed by atoms with Gasteiger partial charge in [-0.1, -0.05) is 32.0 Å². The van der Waals surface area contributed by atoms with Crippen molar-refractivity contribution in [1.29, 1.82) is 0 Å². The Hall–Kier alpha value is -2.31. The molecule has 24 heavy (non-hydrogen) atoms. The molecule has 0 aliphatic rings. The highest BCUT2D eigenvalue weighted by molar-refractivity contribution is 5.66. The Morgan fingerprint density at radius 3 is 2.50 bits per heavy atom. The Bertz CT molecular complexity index is 704. The first-order chi connectivity index (χ1) is 11.3. The molecule has 130 valence electrons. The van der Waals surface area contributed by atoms with Crippen LogP contribution < -0.4 is 9.64 Å². The minimum Gasteiger partial charge on any atom is -0.467 e. The summed E-state index contributed by atoms with van der Waals surface area (Å²) in [7, 11) is 2.89. The molecule has 0 bridgehead atoms. The second-order valence-electron chi connectivity index (χ2n) is 5.52. The quantitative estimate of drug-likeness (QED) is 0.785. The van der Waals surface area contributed by atoms with E-state index in [2.05, 4.69) is 9.97 Å². The third-order valence-corrected chi connectivity index (χ3v) is 3.99. The van der Waals surface area contributed by atoms with Crippen LogP contribution in [0.25, 0.3) is 0 Å². The summed E-state index contributed by atoms with van der Waals surface area (Å²) in [5.74, 6) is -0.0215. The average Bonchev–Trinajstić information content (AvgIpc) is 2.59. The first kappa shape index (κ1) is 18.0. The molecule has 0 saturated carbocycles. The van der Waals surface area contributed by atoms with E-state index < -0.39 is 11.7 Å². The van der Waals surface area contributed by atoms with E-state index in [0.717, 1.165) is 18.2 Å². The van der Waals surface area contributed by atoms with Crippen LogP contribution in [0, 0.1) is 0 Å². The molecule has 4 nitrogen and oxygen atoms in total. The van der Waals surface area contributed by atoms with Gasteiger partial charge in [0.1, 0.15) is 5.56 Å². The summed E-state index contributed by atoms with van der Waals surface area (Å²) in [5, 5.41) is 0. The fourth-order valence-electron chi connectivity index (χ4n) is 2.45. The summed E-state index contributed by atoms with van der Waals surface area (Å²) < 4.78 is 44.9. The zero-order valence-electron chi connectivity index (χ0n) is 14.1. The van der Waals surface area contributed by atoms with Crippen LogP contribution in [-0.2, 0) is 6.18 Å². The molecule has 2 aromatic rings. The van der Waals surface area contributed by atoms with Crippen molar-refractivity contribution >= 4 is 11.5 Å². The molecular formula is C17H20F3N3O. The number of hydrogen-bond donors (Lipinski definition) is 0. The SMILES string of the molecule is CCC(C)c1ccccc1N(C)c1nc(OC)ncc1C(F)(F)F. The van der Waals surface area contributed by atoms with Crippen molar-refractivity contribution in [2.45, 2.75) is 32.4 Å². The highest BCUT2D eigenvalue weighted by Gasteiger charge is 2.37. The van der Waals surface area contributed by atoms with Crippen LogP contribution in [-0.4, -0.2) is 24.1 Å². The van der Waals surface area contributed by atoms with Gasteiger partial charge < -0.3 is 9.64 Å². The lowest BCUT2D eigenvalue weighted by Gasteiger charge is -2.26. The minimum absolute atomic E-state index is 0.106. The Morgan fingerprint density at radius 2 is 1.92 bits per heavy atom. The van der Waals surface area contributed by atoms with E-state index in [1.165, 1.54) is 12.0 Å². The van der Waals surface area contributed by atoms with Crippen LogP contribution in [0.5, 0.6) is 6.01 Å². The number of benzene rings is 1. The molecular weight excluding hydrogens is 319 g/mol. The van der Waals surface area contributed by atoms with Gasteiger partial charge in [0.25, 0.3) is 0 Å². The molecule has 0 spiro atoms. The van der Waals surface area contributed by atoms with Crippen LogP contribution in [0.4, 0.5) is 24.7 Å². The Morgan fingerprint density at radius 1 is 1.25 bits per heavy atom. The number of anilines is 2. The number of aromatic nitrogens is 2. The largest absolute Gasteiger partial charge is 0.467 e. The molecule has 0 saturated heterocycles. The highest BCUT2D eigenvalue weighted by Crippen LogP contribution is 2.39. The molecule has 0 amide bonds. The Labute approximate surface area is 139 Å².